The van der Waals surface area contributed by atoms with Gasteiger partial charge in [-0.1, -0.05) is 0 Å². The first-order chi connectivity index (χ1) is 8.40. The van der Waals surface area contributed by atoms with Crippen LogP contribution in [0.15, 0.2) is 30.0 Å². The number of phenolic OH excluding ortho intramolecular Hbond substituents is 2. The molecule has 1 aromatic rings. The number of benzene rings is 1. The second-order valence-corrected chi connectivity index (χ2v) is 3.97. The van der Waals surface area contributed by atoms with Crippen LogP contribution < -0.4 is 0 Å². The largest absolute Gasteiger partial charge is 0.508 e. The minimum absolute atomic E-state index is 0.0644. The highest BCUT2D eigenvalue weighted by Gasteiger charge is 2.24. The SMILES string of the molecule is Cc1cc(O)cc(O)c1C1=CC(=O)C(=O)C=C1O. The number of aliphatic hydroxyl groups is 1. The molecular weight excluding hydrogens is 236 g/mol. The number of aliphatic hydroxyl groups excluding tert-OH is 1. The van der Waals surface area contributed by atoms with E-state index in [2.05, 4.69) is 0 Å². The average Bonchev–Trinajstić information content (AvgIpc) is 2.24. The van der Waals surface area contributed by atoms with Crippen LogP contribution in [0.25, 0.3) is 5.57 Å². The lowest BCUT2D eigenvalue weighted by Crippen LogP contribution is -2.14. The quantitative estimate of drug-likeness (QED) is 0.514. The lowest BCUT2D eigenvalue weighted by atomic mass is 9.92. The van der Waals surface area contributed by atoms with Gasteiger partial charge in [-0.05, 0) is 18.6 Å². The fourth-order valence-corrected chi connectivity index (χ4v) is 1.85. The van der Waals surface area contributed by atoms with Crippen molar-refractivity contribution in [2.24, 2.45) is 0 Å². The fraction of sp³-hybridized carbons (Fsp3) is 0.0769. The number of aromatic hydroxyl groups is 2. The van der Waals surface area contributed by atoms with Crippen LogP contribution in [0.4, 0.5) is 0 Å². The third-order valence-corrected chi connectivity index (χ3v) is 2.63. The summed E-state index contributed by atoms with van der Waals surface area (Å²) in [5.41, 5.74) is 0.748. The van der Waals surface area contributed by atoms with E-state index in [0.717, 1.165) is 18.2 Å². The van der Waals surface area contributed by atoms with Crippen molar-refractivity contribution in [3.05, 3.63) is 41.2 Å². The highest BCUT2D eigenvalue weighted by atomic mass is 16.3. The first-order valence-electron chi connectivity index (χ1n) is 5.14. The summed E-state index contributed by atoms with van der Waals surface area (Å²) in [6.07, 6.45) is 1.78. The van der Waals surface area contributed by atoms with Crippen molar-refractivity contribution in [2.75, 3.05) is 0 Å². The van der Waals surface area contributed by atoms with Crippen LogP contribution in [0.2, 0.25) is 0 Å². The number of aryl methyl sites for hydroxylation is 1. The smallest absolute Gasteiger partial charge is 0.229 e. The normalized spacial score (nSPS) is 15.4. The second kappa shape index (κ2) is 4.03. The Hall–Kier alpha value is -2.56. The average molecular weight is 246 g/mol. The van der Waals surface area contributed by atoms with Gasteiger partial charge >= 0.3 is 0 Å². The molecule has 1 aliphatic carbocycles. The van der Waals surface area contributed by atoms with Gasteiger partial charge in [-0.15, -0.1) is 0 Å². The van der Waals surface area contributed by atoms with Crippen LogP contribution in [-0.4, -0.2) is 26.9 Å². The standard InChI is InChI=1S/C13H10O5/c1-6-2-7(14)3-12(18)13(6)8-4-10(16)11(17)5-9(8)15/h2-5,14-15,18H,1H3. The molecular formula is C13H10O5. The minimum Gasteiger partial charge on any atom is -0.508 e. The van der Waals surface area contributed by atoms with Gasteiger partial charge in [-0.3, -0.25) is 9.59 Å². The predicted octanol–water partition coefficient (Wildman–Crippen LogP) is 1.38. The summed E-state index contributed by atoms with van der Waals surface area (Å²) in [4.78, 5) is 22.4. The van der Waals surface area contributed by atoms with Gasteiger partial charge in [0.15, 0.2) is 0 Å². The highest BCUT2D eigenvalue weighted by Crippen LogP contribution is 2.36. The molecule has 0 saturated carbocycles. The van der Waals surface area contributed by atoms with E-state index in [9.17, 15) is 24.9 Å². The Kier molecular flexibility index (Phi) is 2.67. The van der Waals surface area contributed by atoms with E-state index in [1.165, 1.54) is 6.07 Å². The zero-order chi connectivity index (χ0) is 13.4. The van der Waals surface area contributed by atoms with Gasteiger partial charge in [0.05, 0.1) is 0 Å². The lowest BCUT2D eigenvalue weighted by molar-refractivity contribution is -0.131. The molecule has 0 fully saturated rings. The molecule has 2 rings (SSSR count). The summed E-state index contributed by atoms with van der Waals surface area (Å²) in [5, 5.41) is 28.7. The van der Waals surface area contributed by atoms with E-state index in [1.807, 2.05) is 0 Å². The van der Waals surface area contributed by atoms with Gasteiger partial charge in [0.25, 0.3) is 0 Å². The van der Waals surface area contributed by atoms with Crippen molar-refractivity contribution < 1.29 is 24.9 Å². The minimum atomic E-state index is -0.813. The molecule has 5 nitrogen and oxygen atoms in total. The Morgan fingerprint density at radius 3 is 2.17 bits per heavy atom. The molecule has 5 heteroatoms. The summed E-state index contributed by atoms with van der Waals surface area (Å²) < 4.78 is 0. The number of phenols is 2. The molecule has 0 amide bonds. The Balaban J connectivity index is 2.64. The summed E-state index contributed by atoms with van der Waals surface area (Å²) in [6.45, 7) is 1.60. The molecule has 1 aromatic carbocycles. The van der Waals surface area contributed by atoms with Crippen molar-refractivity contribution >= 4 is 17.1 Å². The van der Waals surface area contributed by atoms with Crippen LogP contribution in [0.5, 0.6) is 11.5 Å². The maximum Gasteiger partial charge on any atom is 0.229 e. The van der Waals surface area contributed by atoms with Crippen molar-refractivity contribution in [3.8, 4) is 11.5 Å². The summed E-state index contributed by atoms with van der Waals surface area (Å²) in [5.74, 6) is -2.37. The zero-order valence-electron chi connectivity index (χ0n) is 9.47. The first kappa shape index (κ1) is 11.9. The van der Waals surface area contributed by atoms with E-state index in [4.69, 9.17) is 0 Å². The highest BCUT2D eigenvalue weighted by molar-refractivity contribution is 6.48. The lowest BCUT2D eigenvalue weighted by Gasteiger charge is -2.14. The molecule has 0 unspecified atom stereocenters. The van der Waals surface area contributed by atoms with E-state index < -0.39 is 11.6 Å². The maximum atomic E-state index is 11.3. The van der Waals surface area contributed by atoms with E-state index >= 15 is 0 Å². The molecule has 0 aromatic heterocycles. The third kappa shape index (κ3) is 1.86. The first-order valence-corrected chi connectivity index (χ1v) is 5.14. The molecule has 0 heterocycles. The van der Waals surface area contributed by atoms with Crippen molar-refractivity contribution in [3.63, 3.8) is 0 Å². The van der Waals surface area contributed by atoms with Gasteiger partial charge in [0, 0.05) is 29.4 Å². The number of ketones is 2. The number of rotatable bonds is 1. The summed E-state index contributed by atoms with van der Waals surface area (Å²) >= 11 is 0. The third-order valence-electron chi connectivity index (χ3n) is 2.63. The molecule has 18 heavy (non-hydrogen) atoms. The molecule has 92 valence electrons. The summed E-state index contributed by atoms with van der Waals surface area (Å²) in [6, 6.07) is 2.47. The molecule has 0 atom stereocenters. The Bertz CT molecular complexity index is 599. The van der Waals surface area contributed by atoms with Crippen LogP contribution >= 0.6 is 0 Å². The van der Waals surface area contributed by atoms with Gasteiger partial charge < -0.3 is 15.3 Å². The summed E-state index contributed by atoms with van der Waals surface area (Å²) in [7, 11) is 0. The molecule has 0 bridgehead atoms. The monoisotopic (exact) mass is 246 g/mol. The van der Waals surface area contributed by atoms with Gasteiger partial charge in [0.2, 0.25) is 11.6 Å². The van der Waals surface area contributed by atoms with E-state index in [-0.39, 0.29) is 28.4 Å². The van der Waals surface area contributed by atoms with Crippen molar-refractivity contribution in [2.45, 2.75) is 6.92 Å². The molecule has 0 aliphatic heterocycles. The van der Waals surface area contributed by atoms with Gasteiger partial charge in [-0.25, -0.2) is 0 Å². The number of hydrogen-bond acceptors (Lipinski definition) is 5. The molecule has 0 spiro atoms. The second-order valence-electron chi connectivity index (χ2n) is 3.97. The molecule has 0 radical (unpaired) electrons. The molecule has 3 N–H and O–H groups in total. The number of allylic oxidation sites excluding steroid dienone is 3. The van der Waals surface area contributed by atoms with Gasteiger partial charge in [-0.2, -0.15) is 0 Å². The Labute approximate surface area is 102 Å². The Morgan fingerprint density at radius 2 is 1.56 bits per heavy atom. The van der Waals surface area contributed by atoms with Gasteiger partial charge in [0.1, 0.15) is 17.3 Å². The van der Waals surface area contributed by atoms with Crippen LogP contribution in [-0.2, 0) is 9.59 Å². The predicted molar refractivity (Wildman–Crippen MR) is 63.2 cm³/mol. The van der Waals surface area contributed by atoms with Crippen molar-refractivity contribution in [1.82, 2.24) is 0 Å². The van der Waals surface area contributed by atoms with Crippen LogP contribution in [0, 0.1) is 6.92 Å². The van der Waals surface area contributed by atoms with E-state index in [0.29, 0.717) is 5.56 Å². The number of carbonyl (C=O) groups excluding carboxylic acids is 2. The zero-order valence-corrected chi connectivity index (χ0v) is 9.47. The van der Waals surface area contributed by atoms with Crippen molar-refractivity contribution in [1.29, 1.82) is 0 Å². The molecule has 1 aliphatic rings. The molecule has 0 saturated heterocycles. The number of hydrogen-bond donors (Lipinski definition) is 3. The van der Waals surface area contributed by atoms with E-state index in [1.54, 1.807) is 6.92 Å². The topological polar surface area (TPSA) is 94.8 Å². The fourth-order valence-electron chi connectivity index (χ4n) is 1.85. The van der Waals surface area contributed by atoms with Crippen LogP contribution in [0.1, 0.15) is 11.1 Å². The number of carbonyl (C=O) groups is 2. The Morgan fingerprint density at radius 1 is 0.944 bits per heavy atom. The van der Waals surface area contributed by atoms with Crippen LogP contribution in [0.3, 0.4) is 0 Å². The maximum absolute atomic E-state index is 11.3.